The molecule has 2 rings (SSSR count). The van der Waals surface area contributed by atoms with Gasteiger partial charge in [-0.05, 0) is 48.9 Å². The van der Waals surface area contributed by atoms with E-state index in [0.717, 1.165) is 17.3 Å². The molecule has 0 aliphatic rings. The minimum Gasteiger partial charge on any atom is -0.389 e. The largest absolute Gasteiger partial charge is 0.389 e. The van der Waals surface area contributed by atoms with E-state index in [1.165, 1.54) is 6.07 Å². The van der Waals surface area contributed by atoms with Crippen LogP contribution in [0.5, 0.6) is 0 Å². The molecule has 1 aromatic heterocycles. The van der Waals surface area contributed by atoms with E-state index >= 15 is 0 Å². The molecule has 0 aliphatic heterocycles. The second-order valence-electron chi connectivity index (χ2n) is 4.01. The molecular weight excluding hydrogens is 251 g/mol. The van der Waals surface area contributed by atoms with Gasteiger partial charge in [-0.3, -0.25) is 0 Å². The number of aliphatic hydroxyl groups excluding tert-OH is 1. The minimum absolute atomic E-state index is 0.373. The van der Waals surface area contributed by atoms with E-state index in [2.05, 4.69) is 9.97 Å². The molecule has 0 spiro atoms. The van der Waals surface area contributed by atoms with Crippen LogP contribution < -0.4 is 0 Å². The van der Waals surface area contributed by atoms with Crippen LogP contribution in [-0.2, 0) is 0 Å². The van der Waals surface area contributed by atoms with Crippen molar-refractivity contribution in [1.82, 2.24) is 9.97 Å². The Morgan fingerprint density at radius 1 is 1.28 bits per heavy atom. The predicted molar refractivity (Wildman–Crippen MR) is 67.9 cm³/mol. The molecule has 0 saturated carbocycles. The number of rotatable bonds is 3. The molecular formula is C13H13FN2OS. The van der Waals surface area contributed by atoms with E-state index < -0.39 is 6.10 Å². The second kappa shape index (κ2) is 5.46. The molecule has 1 heterocycles. The molecule has 0 unspecified atom stereocenters. The average Bonchev–Trinajstić information content (AvgIpc) is 2.34. The maximum absolute atomic E-state index is 13.8. The monoisotopic (exact) mass is 264 g/mol. The average molecular weight is 264 g/mol. The van der Waals surface area contributed by atoms with Crippen LogP contribution >= 0.6 is 11.8 Å². The van der Waals surface area contributed by atoms with Crippen molar-refractivity contribution in [3.63, 3.8) is 0 Å². The summed E-state index contributed by atoms with van der Waals surface area (Å²) in [6, 6.07) is 4.66. The van der Waals surface area contributed by atoms with Crippen molar-refractivity contribution in [1.29, 1.82) is 0 Å². The van der Waals surface area contributed by atoms with Gasteiger partial charge in [0, 0.05) is 12.4 Å². The lowest BCUT2D eigenvalue weighted by Crippen LogP contribution is -1.94. The number of benzene rings is 1. The van der Waals surface area contributed by atoms with E-state index in [1.807, 2.05) is 6.92 Å². The van der Waals surface area contributed by atoms with Gasteiger partial charge in [-0.2, -0.15) is 0 Å². The maximum Gasteiger partial charge on any atom is 0.192 e. The lowest BCUT2D eigenvalue weighted by Gasteiger charge is -2.07. The molecule has 2 aromatic rings. The summed E-state index contributed by atoms with van der Waals surface area (Å²) in [7, 11) is 0. The van der Waals surface area contributed by atoms with Gasteiger partial charge in [0.05, 0.1) is 11.0 Å². The van der Waals surface area contributed by atoms with Crippen LogP contribution in [0.4, 0.5) is 4.39 Å². The lowest BCUT2D eigenvalue weighted by atomic mass is 10.1. The van der Waals surface area contributed by atoms with Gasteiger partial charge in [-0.1, -0.05) is 6.07 Å². The summed E-state index contributed by atoms with van der Waals surface area (Å²) < 4.78 is 13.8. The molecule has 0 bridgehead atoms. The molecule has 18 heavy (non-hydrogen) atoms. The normalized spacial score (nSPS) is 12.4. The minimum atomic E-state index is -0.672. The molecule has 0 amide bonds. The molecule has 0 aliphatic carbocycles. The molecule has 0 saturated heterocycles. The Hall–Kier alpha value is -1.46. The van der Waals surface area contributed by atoms with E-state index in [9.17, 15) is 9.50 Å². The Balaban J connectivity index is 2.22. The van der Waals surface area contributed by atoms with Gasteiger partial charge in [0.15, 0.2) is 5.16 Å². The fraction of sp³-hybridized carbons (Fsp3) is 0.231. The van der Waals surface area contributed by atoms with Gasteiger partial charge in [0.2, 0.25) is 0 Å². The Kier molecular flexibility index (Phi) is 3.93. The van der Waals surface area contributed by atoms with Crippen molar-refractivity contribution >= 4 is 11.8 Å². The molecule has 5 heteroatoms. The lowest BCUT2D eigenvalue weighted by molar-refractivity contribution is 0.198. The van der Waals surface area contributed by atoms with E-state index in [4.69, 9.17) is 0 Å². The van der Waals surface area contributed by atoms with Crippen molar-refractivity contribution < 1.29 is 9.50 Å². The molecule has 1 atom stereocenters. The first-order chi connectivity index (χ1) is 8.56. The first-order valence-corrected chi connectivity index (χ1v) is 6.32. The zero-order chi connectivity index (χ0) is 13.1. The van der Waals surface area contributed by atoms with Crippen LogP contribution in [0.1, 0.15) is 24.2 Å². The molecule has 1 aromatic carbocycles. The van der Waals surface area contributed by atoms with Gasteiger partial charge >= 0.3 is 0 Å². The van der Waals surface area contributed by atoms with Gasteiger partial charge in [-0.25, -0.2) is 14.4 Å². The van der Waals surface area contributed by atoms with Crippen molar-refractivity contribution in [2.24, 2.45) is 0 Å². The first kappa shape index (κ1) is 13.0. The predicted octanol–water partition coefficient (Wildman–Crippen LogP) is 3.13. The maximum atomic E-state index is 13.8. The van der Waals surface area contributed by atoms with Crippen LogP contribution in [0.15, 0.2) is 40.6 Å². The number of hydrogen-bond acceptors (Lipinski definition) is 4. The third kappa shape index (κ3) is 3.05. The first-order valence-electron chi connectivity index (χ1n) is 5.50. The van der Waals surface area contributed by atoms with Crippen molar-refractivity contribution in [3.05, 3.63) is 47.5 Å². The molecule has 94 valence electrons. The van der Waals surface area contributed by atoms with Gasteiger partial charge in [0.25, 0.3) is 0 Å². The fourth-order valence-electron chi connectivity index (χ4n) is 1.39. The number of aliphatic hydroxyl groups is 1. The number of aromatic nitrogens is 2. The third-order valence-electron chi connectivity index (χ3n) is 2.40. The van der Waals surface area contributed by atoms with Crippen LogP contribution in [0.2, 0.25) is 0 Å². The third-order valence-corrected chi connectivity index (χ3v) is 3.34. The number of hydrogen-bond donors (Lipinski definition) is 1. The SMILES string of the molecule is Cc1cnc(Sc2ccc([C@@H](C)O)cc2F)nc1. The van der Waals surface area contributed by atoms with Crippen molar-refractivity contribution in [2.75, 3.05) is 0 Å². The molecule has 0 fully saturated rings. The van der Waals surface area contributed by atoms with Crippen LogP contribution in [-0.4, -0.2) is 15.1 Å². The summed E-state index contributed by atoms with van der Waals surface area (Å²) in [5.74, 6) is -0.373. The standard InChI is InChI=1S/C13H13FN2OS/c1-8-6-15-13(16-7-8)18-12-4-3-10(9(2)17)5-11(12)14/h3-7,9,17H,1-2H3/t9-/m1/s1. The summed E-state index contributed by atoms with van der Waals surface area (Å²) in [6.45, 7) is 3.50. The van der Waals surface area contributed by atoms with Crippen LogP contribution in [0.3, 0.4) is 0 Å². The summed E-state index contributed by atoms with van der Waals surface area (Å²) in [6.07, 6.45) is 2.71. The summed E-state index contributed by atoms with van der Waals surface area (Å²) in [4.78, 5) is 8.66. The highest BCUT2D eigenvalue weighted by molar-refractivity contribution is 7.99. The van der Waals surface area contributed by atoms with Crippen molar-refractivity contribution in [2.45, 2.75) is 30.0 Å². The van der Waals surface area contributed by atoms with E-state index in [1.54, 1.807) is 31.5 Å². The zero-order valence-corrected chi connectivity index (χ0v) is 10.9. The highest BCUT2D eigenvalue weighted by Gasteiger charge is 2.09. The van der Waals surface area contributed by atoms with Crippen molar-refractivity contribution in [3.8, 4) is 0 Å². The second-order valence-corrected chi connectivity index (χ2v) is 5.02. The highest BCUT2D eigenvalue weighted by Crippen LogP contribution is 2.28. The Morgan fingerprint density at radius 2 is 1.94 bits per heavy atom. The summed E-state index contributed by atoms with van der Waals surface area (Å²) in [5, 5.41) is 9.87. The van der Waals surface area contributed by atoms with Gasteiger partial charge in [-0.15, -0.1) is 0 Å². The Labute approximate surface area is 109 Å². The summed E-state index contributed by atoms with van der Waals surface area (Å²) >= 11 is 1.16. The molecule has 0 radical (unpaired) electrons. The fourth-order valence-corrected chi connectivity index (χ4v) is 2.09. The summed E-state index contributed by atoms with van der Waals surface area (Å²) in [5.41, 5.74) is 1.52. The topological polar surface area (TPSA) is 46.0 Å². The Bertz CT molecular complexity index is 543. The van der Waals surface area contributed by atoms with E-state index in [-0.39, 0.29) is 5.82 Å². The number of halogens is 1. The molecule has 1 N–H and O–H groups in total. The highest BCUT2D eigenvalue weighted by atomic mass is 32.2. The van der Waals surface area contributed by atoms with E-state index in [0.29, 0.717) is 15.6 Å². The van der Waals surface area contributed by atoms with Gasteiger partial charge < -0.3 is 5.11 Å². The van der Waals surface area contributed by atoms with Gasteiger partial charge in [0.1, 0.15) is 5.82 Å². The molecule has 3 nitrogen and oxygen atoms in total. The zero-order valence-electron chi connectivity index (χ0n) is 10.1. The number of nitrogens with zero attached hydrogens (tertiary/aromatic N) is 2. The number of aryl methyl sites for hydroxylation is 1. The smallest absolute Gasteiger partial charge is 0.192 e. The Morgan fingerprint density at radius 3 is 2.50 bits per heavy atom. The van der Waals surface area contributed by atoms with Crippen LogP contribution in [0, 0.1) is 12.7 Å². The quantitative estimate of drug-likeness (QED) is 0.865. The van der Waals surface area contributed by atoms with Crippen LogP contribution in [0.25, 0.3) is 0 Å².